The lowest BCUT2D eigenvalue weighted by molar-refractivity contribution is 0.101. The summed E-state index contributed by atoms with van der Waals surface area (Å²) in [6.45, 7) is 2.87. The summed E-state index contributed by atoms with van der Waals surface area (Å²) >= 11 is 5.94. The van der Waals surface area contributed by atoms with E-state index in [0.29, 0.717) is 23.9 Å². The second kappa shape index (κ2) is 4.29. The van der Waals surface area contributed by atoms with Gasteiger partial charge in [-0.15, -0.1) is 0 Å². The van der Waals surface area contributed by atoms with Crippen molar-refractivity contribution in [3.8, 4) is 0 Å². The Labute approximate surface area is 93.4 Å². The third-order valence-electron chi connectivity index (χ3n) is 2.52. The van der Waals surface area contributed by atoms with Crippen LogP contribution in [0.4, 0.5) is 0 Å². The molecule has 1 aliphatic rings. The monoisotopic (exact) mass is 225 g/mol. The lowest BCUT2D eigenvalue weighted by Gasteiger charge is -2.07. The molecule has 15 heavy (non-hydrogen) atoms. The molecule has 0 spiro atoms. The molecule has 80 valence electrons. The summed E-state index contributed by atoms with van der Waals surface area (Å²) < 4.78 is 5.35. The SMILES string of the molecule is CC(=O)c1cc2c(nc1Cl)CCOCC2. The normalized spacial score (nSPS) is 15.6. The maximum Gasteiger partial charge on any atom is 0.162 e. The largest absolute Gasteiger partial charge is 0.381 e. The zero-order valence-corrected chi connectivity index (χ0v) is 9.30. The van der Waals surface area contributed by atoms with Gasteiger partial charge in [0.15, 0.2) is 5.78 Å². The number of aromatic nitrogens is 1. The number of nitrogens with zero attached hydrogens (tertiary/aromatic N) is 1. The molecule has 0 amide bonds. The van der Waals surface area contributed by atoms with Gasteiger partial charge in [-0.05, 0) is 25.0 Å². The number of rotatable bonds is 1. The third kappa shape index (κ3) is 2.19. The van der Waals surface area contributed by atoms with Gasteiger partial charge in [-0.1, -0.05) is 11.6 Å². The van der Waals surface area contributed by atoms with Crippen molar-refractivity contribution >= 4 is 17.4 Å². The zero-order chi connectivity index (χ0) is 10.8. The maximum absolute atomic E-state index is 11.3. The standard InChI is InChI=1S/C11H12ClNO2/c1-7(14)9-6-8-2-4-15-5-3-10(8)13-11(9)12/h6H,2-5H2,1H3. The molecular weight excluding hydrogens is 214 g/mol. The lowest BCUT2D eigenvalue weighted by Crippen LogP contribution is -2.04. The molecule has 0 aliphatic carbocycles. The van der Waals surface area contributed by atoms with Gasteiger partial charge in [-0.3, -0.25) is 4.79 Å². The Morgan fingerprint density at radius 2 is 2.20 bits per heavy atom. The number of halogens is 1. The number of fused-ring (bicyclic) bond motifs is 1. The number of pyridine rings is 1. The van der Waals surface area contributed by atoms with Gasteiger partial charge in [0, 0.05) is 12.1 Å². The molecule has 0 aromatic carbocycles. The van der Waals surface area contributed by atoms with E-state index in [4.69, 9.17) is 16.3 Å². The van der Waals surface area contributed by atoms with Crippen LogP contribution in [-0.4, -0.2) is 24.0 Å². The highest BCUT2D eigenvalue weighted by Crippen LogP contribution is 2.21. The molecule has 3 nitrogen and oxygen atoms in total. The van der Waals surface area contributed by atoms with E-state index in [1.807, 2.05) is 6.07 Å². The van der Waals surface area contributed by atoms with Crippen LogP contribution in [-0.2, 0) is 17.6 Å². The first-order valence-corrected chi connectivity index (χ1v) is 5.33. The van der Waals surface area contributed by atoms with Gasteiger partial charge in [0.05, 0.1) is 18.8 Å². The fourth-order valence-electron chi connectivity index (χ4n) is 1.70. The highest BCUT2D eigenvalue weighted by Gasteiger charge is 2.15. The van der Waals surface area contributed by atoms with Gasteiger partial charge >= 0.3 is 0 Å². The lowest BCUT2D eigenvalue weighted by atomic mass is 10.1. The molecule has 0 fully saturated rings. The van der Waals surface area contributed by atoms with Gasteiger partial charge in [0.1, 0.15) is 5.15 Å². The first-order valence-electron chi connectivity index (χ1n) is 4.95. The van der Waals surface area contributed by atoms with Crippen LogP contribution in [0.25, 0.3) is 0 Å². The minimum absolute atomic E-state index is 0.0412. The van der Waals surface area contributed by atoms with E-state index in [-0.39, 0.29) is 5.78 Å². The summed E-state index contributed by atoms with van der Waals surface area (Å²) in [6.07, 6.45) is 1.58. The molecule has 1 aromatic rings. The number of carbonyl (C=O) groups excluding carboxylic acids is 1. The first-order chi connectivity index (χ1) is 7.18. The van der Waals surface area contributed by atoms with E-state index in [1.165, 1.54) is 6.92 Å². The molecule has 2 rings (SSSR count). The molecule has 0 bridgehead atoms. The van der Waals surface area contributed by atoms with E-state index in [9.17, 15) is 4.79 Å². The first kappa shape index (κ1) is 10.6. The van der Waals surface area contributed by atoms with Crippen molar-refractivity contribution in [3.63, 3.8) is 0 Å². The van der Waals surface area contributed by atoms with Crippen molar-refractivity contribution in [3.05, 3.63) is 28.0 Å². The van der Waals surface area contributed by atoms with Crippen LogP contribution in [0.15, 0.2) is 6.07 Å². The maximum atomic E-state index is 11.3. The molecular formula is C11H12ClNO2. The van der Waals surface area contributed by atoms with Crippen molar-refractivity contribution in [1.82, 2.24) is 4.98 Å². The van der Waals surface area contributed by atoms with E-state index in [1.54, 1.807) is 0 Å². The highest BCUT2D eigenvalue weighted by molar-refractivity contribution is 6.32. The quantitative estimate of drug-likeness (QED) is 0.543. The van der Waals surface area contributed by atoms with Crippen LogP contribution in [0.1, 0.15) is 28.5 Å². The fourth-order valence-corrected chi connectivity index (χ4v) is 1.99. The molecule has 0 N–H and O–H groups in total. The molecule has 1 aliphatic heterocycles. The summed E-state index contributed by atoms with van der Waals surface area (Å²) in [5.74, 6) is -0.0412. The summed E-state index contributed by atoms with van der Waals surface area (Å²) in [5.41, 5.74) is 2.56. The number of carbonyl (C=O) groups is 1. The Kier molecular flexibility index (Phi) is 3.03. The second-order valence-electron chi connectivity index (χ2n) is 3.60. The Hall–Kier alpha value is -0.930. The Bertz CT molecular complexity index is 404. The smallest absolute Gasteiger partial charge is 0.162 e. The van der Waals surface area contributed by atoms with Gasteiger partial charge in [-0.25, -0.2) is 4.98 Å². The number of hydrogen-bond acceptors (Lipinski definition) is 3. The van der Waals surface area contributed by atoms with Crippen molar-refractivity contribution in [2.75, 3.05) is 13.2 Å². The van der Waals surface area contributed by atoms with Gasteiger partial charge < -0.3 is 4.74 Å². The Balaban J connectivity index is 2.47. The summed E-state index contributed by atoms with van der Waals surface area (Å²) in [6, 6.07) is 1.85. The Morgan fingerprint density at radius 1 is 1.47 bits per heavy atom. The topological polar surface area (TPSA) is 39.2 Å². The van der Waals surface area contributed by atoms with Gasteiger partial charge in [0.25, 0.3) is 0 Å². The van der Waals surface area contributed by atoms with Crippen LogP contribution >= 0.6 is 11.6 Å². The van der Waals surface area contributed by atoms with E-state index in [2.05, 4.69) is 4.98 Å². The van der Waals surface area contributed by atoms with E-state index in [0.717, 1.165) is 24.1 Å². The number of ketones is 1. The number of ether oxygens (including phenoxy) is 1. The van der Waals surface area contributed by atoms with Crippen LogP contribution in [0.5, 0.6) is 0 Å². The fraction of sp³-hybridized carbons (Fsp3) is 0.455. The molecule has 2 heterocycles. The molecule has 0 unspecified atom stereocenters. The zero-order valence-electron chi connectivity index (χ0n) is 8.55. The van der Waals surface area contributed by atoms with Crippen LogP contribution in [0.2, 0.25) is 5.15 Å². The van der Waals surface area contributed by atoms with Crippen molar-refractivity contribution in [2.24, 2.45) is 0 Å². The van der Waals surface area contributed by atoms with Crippen LogP contribution in [0, 0.1) is 0 Å². The summed E-state index contributed by atoms with van der Waals surface area (Å²) in [4.78, 5) is 15.5. The van der Waals surface area contributed by atoms with Gasteiger partial charge in [0.2, 0.25) is 0 Å². The molecule has 0 atom stereocenters. The van der Waals surface area contributed by atoms with E-state index >= 15 is 0 Å². The molecule has 0 saturated carbocycles. The minimum Gasteiger partial charge on any atom is -0.381 e. The molecule has 0 radical (unpaired) electrons. The average Bonchev–Trinajstić information content (AvgIpc) is 2.40. The molecule has 0 saturated heterocycles. The predicted octanol–water partition coefficient (Wildman–Crippen LogP) is 2.05. The average molecular weight is 226 g/mol. The summed E-state index contributed by atoms with van der Waals surface area (Å²) in [5, 5.41) is 0.308. The Morgan fingerprint density at radius 3 is 2.93 bits per heavy atom. The van der Waals surface area contributed by atoms with Crippen LogP contribution < -0.4 is 0 Å². The number of Topliss-reactive ketones (excluding diaryl/α,β-unsaturated/α-hetero) is 1. The molecule has 1 aromatic heterocycles. The van der Waals surface area contributed by atoms with Crippen LogP contribution in [0.3, 0.4) is 0 Å². The van der Waals surface area contributed by atoms with Gasteiger partial charge in [-0.2, -0.15) is 0 Å². The van der Waals surface area contributed by atoms with Crippen molar-refractivity contribution in [1.29, 1.82) is 0 Å². The predicted molar refractivity (Wildman–Crippen MR) is 57.5 cm³/mol. The van der Waals surface area contributed by atoms with E-state index < -0.39 is 0 Å². The highest BCUT2D eigenvalue weighted by atomic mass is 35.5. The second-order valence-corrected chi connectivity index (χ2v) is 3.96. The summed E-state index contributed by atoms with van der Waals surface area (Å²) in [7, 11) is 0. The van der Waals surface area contributed by atoms with Crippen molar-refractivity contribution < 1.29 is 9.53 Å². The minimum atomic E-state index is -0.0412. The third-order valence-corrected chi connectivity index (χ3v) is 2.81. The molecule has 4 heteroatoms. The number of hydrogen-bond donors (Lipinski definition) is 0. The van der Waals surface area contributed by atoms with Crippen molar-refractivity contribution in [2.45, 2.75) is 19.8 Å².